The highest BCUT2D eigenvalue weighted by Crippen LogP contribution is 2.34. The van der Waals surface area contributed by atoms with Crippen molar-refractivity contribution in [2.24, 2.45) is 5.10 Å². The zero-order chi connectivity index (χ0) is 24.9. The highest BCUT2D eigenvalue weighted by atomic mass is 127. The lowest BCUT2D eigenvalue weighted by Crippen LogP contribution is -2.22. The van der Waals surface area contributed by atoms with Gasteiger partial charge in [-0.05, 0) is 83.1 Å². The Labute approximate surface area is 224 Å². The van der Waals surface area contributed by atoms with Gasteiger partial charge >= 0.3 is 0 Å². The van der Waals surface area contributed by atoms with E-state index in [4.69, 9.17) is 9.47 Å². The molecule has 0 saturated heterocycles. The Kier molecular flexibility index (Phi) is 8.17. The Bertz CT molecular complexity index is 1470. The van der Waals surface area contributed by atoms with E-state index in [2.05, 4.69) is 48.6 Å². The number of halogens is 3. The number of rotatable bonds is 8. The van der Waals surface area contributed by atoms with E-state index in [-0.39, 0.29) is 18.0 Å². The second-order valence-electron chi connectivity index (χ2n) is 7.59. The summed E-state index contributed by atoms with van der Waals surface area (Å²) in [7, 11) is 0. The van der Waals surface area contributed by atoms with Crippen LogP contribution < -0.4 is 15.0 Å². The summed E-state index contributed by atoms with van der Waals surface area (Å²) >= 11 is 5.58. The Morgan fingerprint density at radius 1 is 1.14 bits per heavy atom. The van der Waals surface area contributed by atoms with Crippen molar-refractivity contribution in [2.45, 2.75) is 26.9 Å². The Hall–Kier alpha value is -2.79. The van der Waals surface area contributed by atoms with Crippen LogP contribution >= 0.6 is 38.5 Å². The molecular formula is C26H22BrFIN3O3. The van der Waals surface area contributed by atoms with Gasteiger partial charge in [-0.15, -0.1) is 0 Å². The molecule has 0 atom stereocenters. The van der Waals surface area contributed by atoms with Crippen LogP contribution in [0.3, 0.4) is 0 Å². The number of hydrogen-bond donors (Lipinski definition) is 0. The summed E-state index contributed by atoms with van der Waals surface area (Å²) in [6, 6.07) is 15.4. The van der Waals surface area contributed by atoms with Crippen molar-refractivity contribution < 1.29 is 13.9 Å². The van der Waals surface area contributed by atoms with Crippen LogP contribution in [-0.2, 0) is 13.0 Å². The molecule has 6 nitrogen and oxygen atoms in total. The molecule has 9 heteroatoms. The minimum Gasteiger partial charge on any atom is -0.490 e. The molecule has 4 aromatic rings. The Morgan fingerprint density at radius 3 is 2.71 bits per heavy atom. The zero-order valence-corrected chi connectivity index (χ0v) is 22.8. The lowest BCUT2D eigenvalue weighted by Gasteiger charge is -2.15. The predicted molar refractivity (Wildman–Crippen MR) is 147 cm³/mol. The summed E-state index contributed by atoms with van der Waals surface area (Å²) in [6.45, 7) is 4.46. The normalized spacial score (nSPS) is 11.3. The van der Waals surface area contributed by atoms with E-state index in [1.165, 1.54) is 16.8 Å². The predicted octanol–water partition coefficient (Wildman–Crippen LogP) is 6.33. The van der Waals surface area contributed by atoms with Crippen LogP contribution in [0.15, 0.2) is 69.0 Å². The maximum absolute atomic E-state index is 13.5. The molecule has 0 saturated carbocycles. The molecule has 4 rings (SSSR count). The summed E-state index contributed by atoms with van der Waals surface area (Å²) in [5.41, 5.74) is 1.85. The molecular weight excluding hydrogens is 628 g/mol. The van der Waals surface area contributed by atoms with E-state index < -0.39 is 0 Å². The Morgan fingerprint density at radius 2 is 1.97 bits per heavy atom. The second-order valence-corrected chi connectivity index (χ2v) is 9.66. The van der Waals surface area contributed by atoms with E-state index in [1.807, 2.05) is 32.0 Å². The molecule has 0 spiro atoms. The Balaban J connectivity index is 1.68. The first-order valence-corrected chi connectivity index (χ1v) is 12.9. The van der Waals surface area contributed by atoms with Gasteiger partial charge in [-0.25, -0.2) is 9.37 Å². The molecule has 0 aliphatic rings. The average Bonchev–Trinajstić information content (AvgIpc) is 2.83. The zero-order valence-electron chi connectivity index (χ0n) is 19.1. The molecule has 0 radical (unpaired) electrons. The van der Waals surface area contributed by atoms with E-state index in [0.29, 0.717) is 41.3 Å². The molecule has 0 fully saturated rings. The first kappa shape index (κ1) is 25.3. The van der Waals surface area contributed by atoms with E-state index in [0.717, 1.165) is 19.2 Å². The van der Waals surface area contributed by atoms with Crippen LogP contribution in [0.4, 0.5) is 4.39 Å². The first-order valence-electron chi connectivity index (χ1n) is 11.0. The summed E-state index contributed by atoms with van der Waals surface area (Å²) < 4.78 is 28.2. The number of aryl methyl sites for hydroxylation is 1. The summed E-state index contributed by atoms with van der Waals surface area (Å²) in [5, 5.41) is 4.95. The smallest absolute Gasteiger partial charge is 0.282 e. The van der Waals surface area contributed by atoms with Crippen molar-refractivity contribution in [1.82, 2.24) is 9.66 Å². The minimum absolute atomic E-state index is 0.203. The van der Waals surface area contributed by atoms with Crippen LogP contribution in [0.2, 0.25) is 0 Å². The van der Waals surface area contributed by atoms with Crippen LogP contribution in [-0.4, -0.2) is 22.5 Å². The highest BCUT2D eigenvalue weighted by Gasteiger charge is 2.14. The monoisotopic (exact) mass is 649 g/mol. The standard InChI is InChI=1S/C26H22BrFIN3O3/c1-3-24-31-22-9-8-18(27)13-20(22)26(33)32(24)30-14-17-11-21(29)25(23(12-17)34-4-2)35-15-16-6-5-7-19(28)10-16/h5-14H,3-4,15H2,1-2H3. The molecule has 1 aromatic heterocycles. The minimum atomic E-state index is -0.311. The van der Waals surface area contributed by atoms with Gasteiger partial charge < -0.3 is 9.47 Å². The van der Waals surface area contributed by atoms with Crippen LogP contribution in [0.1, 0.15) is 30.8 Å². The average molecular weight is 650 g/mol. The third kappa shape index (κ3) is 5.90. The van der Waals surface area contributed by atoms with Gasteiger partial charge in [-0.1, -0.05) is 35.0 Å². The first-order chi connectivity index (χ1) is 16.9. The maximum atomic E-state index is 13.5. The molecule has 3 aromatic carbocycles. The molecule has 180 valence electrons. The maximum Gasteiger partial charge on any atom is 0.282 e. The van der Waals surface area contributed by atoms with Gasteiger partial charge in [-0.3, -0.25) is 4.79 Å². The van der Waals surface area contributed by atoms with Gasteiger partial charge in [0.15, 0.2) is 11.5 Å². The van der Waals surface area contributed by atoms with Gasteiger partial charge in [-0.2, -0.15) is 9.78 Å². The third-order valence-electron chi connectivity index (χ3n) is 5.12. The molecule has 0 amide bonds. The lowest BCUT2D eigenvalue weighted by atomic mass is 10.2. The largest absolute Gasteiger partial charge is 0.490 e. The molecule has 0 aliphatic carbocycles. The van der Waals surface area contributed by atoms with Crippen LogP contribution in [0, 0.1) is 9.39 Å². The van der Waals surface area contributed by atoms with Gasteiger partial charge in [0.1, 0.15) is 18.2 Å². The fourth-order valence-electron chi connectivity index (χ4n) is 3.51. The number of ether oxygens (including phenoxy) is 2. The van der Waals surface area contributed by atoms with Crippen LogP contribution in [0.25, 0.3) is 10.9 Å². The molecule has 1 heterocycles. The quantitative estimate of drug-likeness (QED) is 0.165. The third-order valence-corrected chi connectivity index (χ3v) is 6.41. The van der Waals surface area contributed by atoms with Gasteiger partial charge in [0, 0.05) is 10.9 Å². The number of fused-ring (bicyclic) bond motifs is 1. The van der Waals surface area contributed by atoms with Gasteiger partial charge in [0.2, 0.25) is 0 Å². The molecule has 35 heavy (non-hydrogen) atoms. The summed E-state index contributed by atoms with van der Waals surface area (Å²) in [5.74, 6) is 1.36. The van der Waals surface area contributed by atoms with Crippen molar-refractivity contribution in [3.63, 3.8) is 0 Å². The van der Waals surface area contributed by atoms with Crippen molar-refractivity contribution in [2.75, 3.05) is 6.61 Å². The fraction of sp³-hybridized carbons (Fsp3) is 0.192. The van der Waals surface area contributed by atoms with Crippen LogP contribution in [0.5, 0.6) is 11.5 Å². The van der Waals surface area contributed by atoms with Crippen molar-refractivity contribution in [1.29, 1.82) is 0 Å². The topological polar surface area (TPSA) is 65.7 Å². The summed E-state index contributed by atoms with van der Waals surface area (Å²) in [4.78, 5) is 17.7. The number of aromatic nitrogens is 2. The highest BCUT2D eigenvalue weighted by molar-refractivity contribution is 14.1. The van der Waals surface area contributed by atoms with Crippen molar-refractivity contribution >= 4 is 55.6 Å². The SMILES string of the molecule is CCOc1cc(C=Nn2c(CC)nc3ccc(Br)cc3c2=O)cc(I)c1OCc1cccc(F)c1. The molecule has 0 aliphatic heterocycles. The van der Waals surface area contributed by atoms with Crippen molar-refractivity contribution in [3.8, 4) is 11.5 Å². The van der Waals surface area contributed by atoms with Gasteiger partial charge in [0.25, 0.3) is 5.56 Å². The van der Waals surface area contributed by atoms with Gasteiger partial charge in [0.05, 0.1) is 27.3 Å². The number of benzene rings is 3. The second kappa shape index (κ2) is 11.3. The van der Waals surface area contributed by atoms with E-state index in [9.17, 15) is 9.18 Å². The number of nitrogens with zero attached hydrogens (tertiary/aromatic N) is 3. The molecule has 0 unspecified atom stereocenters. The molecule has 0 bridgehead atoms. The fourth-order valence-corrected chi connectivity index (χ4v) is 4.66. The molecule has 0 N–H and O–H groups in total. The van der Waals surface area contributed by atoms with E-state index in [1.54, 1.807) is 30.5 Å². The van der Waals surface area contributed by atoms with Crippen molar-refractivity contribution in [3.05, 3.63) is 95.8 Å². The van der Waals surface area contributed by atoms with E-state index >= 15 is 0 Å². The summed E-state index contributed by atoms with van der Waals surface area (Å²) in [6.07, 6.45) is 2.15. The lowest BCUT2D eigenvalue weighted by molar-refractivity contribution is 0.267. The number of hydrogen-bond acceptors (Lipinski definition) is 5.